The van der Waals surface area contributed by atoms with E-state index < -0.39 is 0 Å². The van der Waals surface area contributed by atoms with Gasteiger partial charge in [-0.3, -0.25) is 14.5 Å². The lowest BCUT2D eigenvalue weighted by Gasteiger charge is -2.19. The van der Waals surface area contributed by atoms with Gasteiger partial charge in [0.15, 0.2) is 0 Å². The minimum atomic E-state index is -0.0809. The first-order valence-corrected chi connectivity index (χ1v) is 7.99. The molecule has 6 nitrogen and oxygen atoms in total. The van der Waals surface area contributed by atoms with Crippen LogP contribution in [0, 0.1) is 12.8 Å². The number of hydrogen-bond acceptors (Lipinski definition) is 4. The lowest BCUT2D eigenvalue weighted by Crippen LogP contribution is -2.41. The molecule has 0 bridgehead atoms. The first-order chi connectivity index (χ1) is 11.2. The van der Waals surface area contributed by atoms with Gasteiger partial charge in [-0.2, -0.15) is 5.10 Å². The first-order valence-electron chi connectivity index (χ1n) is 7.99. The molecule has 3 rings (SSSR count). The summed E-state index contributed by atoms with van der Waals surface area (Å²) in [5.41, 5.74) is 2.68. The molecule has 1 N–H and O–H groups in total. The van der Waals surface area contributed by atoms with Gasteiger partial charge in [-0.1, -0.05) is 0 Å². The van der Waals surface area contributed by atoms with Crippen LogP contribution in [0.2, 0.25) is 0 Å². The zero-order valence-electron chi connectivity index (χ0n) is 13.5. The highest BCUT2D eigenvalue weighted by Gasteiger charge is 2.30. The number of rotatable bonds is 5. The van der Waals surface area contributed by atoms with Crippen molar-refractivity contribution in [3.63, 3.8) is 0 Å². The minimum absolute atomic E-state index is 0.0242. The van der Waals surface area contributed by atoms with Gasteiger partial charge < -0.3 is 10.1 Å². The van der Waals surface area contributed by atoms with E-state index in [0.29, 0.717) is 25.5 Å². The fourth-order valence-electron chi connectivity index (χ4n) is 2.99. The average Bonchev–Trinajstić information content (AvgIpc) is 3.15. The second kappa shape index (κ2) is 6.91. The Bertz CT molecular complexity index is 668. The monoisotopic (exact) mass is 314 g/mol. The van der Waals surface area contributed by atoms with E-state index in [1.807, 2.05) is 32.0 Å². The highest BCUT2D eigenvalue weighted by atomic mass is 16.5. The topological polar surface area (TPSA) is 69.0 Å². The van der Waals surface area contributed by atoms with Crippen molar-refractivity contribution >= 4 is 5.91 Å². The second-order valence-electron chi connectivity index (χ2n) is 5.92. The summed E-state index contributed by atoms with van der Waals surface area (Å²) in [5, 5.41) is 7.44. The van der Waals surface area contributed by atoms with Crippen LogP contribution in [-0.4, -0.2) is 39.9 Å². The number of hydrogen-bond donors (Lipinski definition) is 1. The molecule has 1 fully saturated rings. The number of pyridine rings is 1. The van der Waals surface area contributed by atoms with Crippen LogP contribution in [0.15, 0.2) is 30.6 Å². The third-order valence-electron chi connectivity index (χ3n) is 4.20. The summed E-state index contributed by atoms with van der Waals surface area (Å²) in [4.78, 5) is 16.6. The Morgan fingerprint density at radius 3 is 2.91 bits per heavy atom. The molecule has 6 heteroatoms. The van der Waals surface area contributed by atoms with Crippen LogP contribution in [0.25, 0.3) is 0 Å². The van der Waals surface area contributed by atoms with Crippen LogP contribution in [0.5, 0.6) is 0 Å². The SMILES string of the molecule is CCn1nc(C)cc1C(=O)N[C@H]1COC[C@H]1Cc1ccncc1. The normalized spacial score (nSPS) is 20.6. The molecule has 0 aliphatic carbocycles. The zero-order valence-corrected chi connectivity index (χ0v) is 13.5. The molecule has 2 atom stereocenters. The fourth-order valence-corrected chi connectivity index (χ4v) is 2.99. The van der Waals surface area contributed by atoms with E-state index in [1.54, 1.807) is 17.1 Å². The molecule has 2 aromatic heterocycles. The van der Waals surface area contributed by atoms with E-state index in [2.05, 4.69) is 15.4 Å². The van der Waals surface area contributed by atoms with Gasteiger partial charge in [0.2, 0.25) is 0 Å². The Morgan fingerprint density at radius 1 is 1.39 bits per heavy atom. The maximum absolute atomic E-state index is 12.6. The third-order valence-corrected chi connectivity index (χ3v) is 4.20. The predicted molar refractivity (Wildman–Crippen MR) is 86.1 cm³/mol. The zero-order chi connectivity index (χ0) is 16.2. The maximum atomic E-state index is 12.6. The van der Waals surface area contributed by atoms with Crippen LogP contribution < -0.4 is 5.32 Å². The van der Waals surface area contributed by atoms with E-state index in [1.165, 1.54) is 5.56 Å². The van der Waals surface area contributed by atoms with E-state index in [4.69, 9.17) is 4.74 Å². The molecule has 1 amide bonds. The van der Waals surface area contributed by atoms with Crippen molar-refractivity contribution in [2.75, 3.05) is 13.2 Å². The average molecular weight is 314 g/mol. The summed E-state index contributed by atoms with van der Waals surface area (Å²) in [6.07, 6.45) is 4.46. The first kappa shape index (κ1) is 15.7. The van der Waals surface area contributed by atoms with Crippen molar-refractivity contribution < 1.29 is 9.53 Å². The summed E-state index contributed by atoms with van der Waals surface area (Å²) in [7, 11) is 0. The lowest BCUT2D eigenvalue weighted by atomic mass is 9.95. The van der Waals surface area contributed by atoms with E-state index >= 15 is 0 Å². The van der Waals surface area contributed by atoms with Gasteiger partial charge in [-0.15, -0.1) is 0 Å². The highest BCUT2D eigenvalue weighted by molar-refractivity contribution is 5.92. The van der Waals surface area contributed by atoms with Crippen molar-refractivity contribution in [1.29, 1.82) is 0 Å². The summed E-state index contributed by atoms with van der Waals surface area (Å²) >= 11 is 0. The van der Waals surface area contributed by atoms with Gasteiger partial charge in [-0.05, 0) is 44.0 Å². The molecule has 1 aliphatic heterocycles. The smallest absolute Gasteiger partial charge is 0.269 e. The van der Waals surface area contributed by atoms with Gasteiger partial charge >= 0.3 is 0 Å². The number of nitrogens with one attached hydrogen (secondary N) is 1. The van der Waals surface area contributed by atoms with Gasteiger partial charge in [0.25, 0.3) is 5.91 Å². The molecule has 122 valence electrons. The van der Waals surface area contributed by atoms with E-state index in [0.717, 1.165) is 12.1 Å². The molecule has 3 heterocycles. The number of aryl methyl sites for hydroxylation is 2. The lowest BCUT2D eigenvalue weighted by molar-refractivity contribution is 0.0914. The highest BCUT2D eigenvalue weighted by Crippen LogP contribution is 2.19. The third kappa shape index (κ3) is 3.59. The predicted octanol–water partition coefficient (Wildman–Crippen LogP) is 1.59. The largest absolute Gasteiger partial charge is 0.379 e. The number of amides is 1. The van der Waals surface area contributed by atoms with E-state index in [-0.39, 0.29) is 17.9 Å². The molecular weight excluding hydrogens is 292 g/mol. The molecular formula is C17H22N4O2. The molecule has 0 unspecified atom stereocenters. The number of ether oxygens (including phenoxy) is 1. The Balaban J connectivity index is 1.67. The molecule has 0 spiro atoms. The molecule has 1 aliphatic rings. The number of nitrogens with zero attached hydrogens (tertiary/aromatic N) is 3. The molecule has 1 saturated heterocycles. The quantitative estimate of drug-likeness (QED) is 0.910. The van der Waals surface area contributed by atoms with Crippen molar-refractivity contribution in [1.82, 2.24) is 20.1 Å². The molecule has 2 aromatic rings. The fraction of sp³-hybridized carbons (Fsp3) is 0.471. The molecule has 23 heavy (non-hydrogen) atoms. The standard InChI is InChI=1S/C17H22N4O2/c1-3-21-16(8-12(2)20-21)17(22)19-15-11-23-10-14(15)9-13-4-6-18-7-5-13/h4-8,14-15H,3,9-11H2,1-2H3,(H,19,22)/t14-,15+/m1/s1. The van der Waals surface area contributed by atoms with Crippen molar-refractivity contribution in [3.8, 4) is 0 Å². The van der Waals surface area contributed by atoms with Crippen molar-refractivity contribution in [3.05, 3.63) is 47.5 Å². The summed E-state index contributed by atoms with van der Waals surface area (Å²) < 4.78 is 7.32. The number of carbonyl (C=O) groups is 1. The van der Waals surface area contributed by atoms with Gasteiger partial charge in [0.1, 0.15) is 5.69 Å². The van der Waals surface area contributed by atoms with Crippen molar-refractivity contribution in [2.45, 2.75) is 32.9 Å². The van der Waals surface area contributed by atoms with Crippen LogP contribution in [0.4, 0.5) is 0 Å². The van der Waals surface area contributed by atoms with Crippen molar-refractivity contribution in [2.24, 2.45) is 5.92 Å². The van der Waals surface area contributed by atoms with Gasteiger partial charge in [0.05, 0.1) is 24.9 Å². The number of carbonyl (C=O) groups excluding carboxylic acids is 1. The number of aromatic nitrogens is 3. The molecule has 0 saturated carbocycles. The molecule has 0 aromatic carbocycles. The Labute approximate surface area is 135 Å². The van der Waals surface area contributed by atoms with Crippen LogP contribution >= 0.6 is 0 Å². The van der Waals surface area contributed by atoms with Crippen LogP contribution in [0.1, 0.15) is 28.7 Å². The Kier molecular flexibility index (Phi) is 4.71. The minimum Gasteiger partial charge on any atom is -0.379 e. The second-order valence-corrected chi connectivity index (χ2v) is 5.92. The van der Waals surface area contributed by atoms with Crippen LogP contribution in [-0.2, 0) is 17.7 Å². The summed E-state index contributed by atoms with van der Waals surface area (Å²) in [6, 6.07) is 5.86. The molecule has 0 radical (unpaired) electrons. The van der Waals surface area contributed by atoms with Gasteiger partial charge in [0, 0.05) is 24.9 Å². The van der Waals surface area contributed by atoms with E-state index in [9.17, 15) is 4.79 Å². The maximum Gasteiger partial charge on any atom is 0.269 e. The Hall–Kier alpha value is -2.21. The van der Waals surface area contributed by atoms with Gasteiger partial charge in [-0.25, -0.2) is 0 Å². The summed E-state index contributed by atoms with van der Waals surface area (Å²) in [5.74, 6) is 0.197. The summed E-state index contributed by atoms with van der Waals surface area (Å²) in [6.45, 7) is 5.78. The Morgan fingerprint density at radius 2 is 2.17 bits per heavy atom. The van der Waals surface area contributed by atoms with Crippen LogP contribution in [0.3, 0.4) is 0 Å².